The summed E-state index contributed by atoms with van der Waals surface area (Å²) < 4.78 is 0. The summed E-state index contributed by atoms with van der Waals surface area (Å²) in [5.74, 6) is -0.102. The average Bonchev–Trinajstić information content (AvgIpc) is 3.17. The second-order valence-electron chi connectivity index (χ2n) is 6.75. The standard InChI is InChI=1S/C17H16ClN3O.C6H5ClS/c1-11(22)21-17(14-4-2-3-5-15(14)18)10-16(20-21)12-6-8-13(19)9-7-12;7-5-1-3-6(8)4-2-5/h2-9,17H,10,19H2,1H3;1-4,8H. The Bertz CT molecular complexity index is 1030. The van der Waals surface area contributed by atoms with Crippen molar-refractivity contribution in [1.29, 1.82) is 0 Å². The van der Waals surface area contributed by atoms with Crippen LogP contribution in [0, 0.1) is 0 Å². The molecule has 1 atom stereocenters. The lowest BCUT2D eigenvalue weighted by molar-refractivity contribution is -0.130. The van der Waals surface area contributed by atoms with Gasteiger partial charge in [0.2, 0.25) is 5.91 Å². The predicted octanol–water partition coefficient (Wildman–Crippen LogP) is 6.25. The molecule has 0 aliphatic carbocycles. The zero-order valence-corrected chi connectivity index (χ0v) is 18.7. The molecule has 1 amide bonds. The highest BCUT2D eigenvalue weighted by Gasteiger charge is 2.32. The normalized spacial score (nSPS) is 15.3. The van der Waals surface area contributed by atoms with E-state index in [2.05, 4.69) is 17.7 Å². The van der Waals surface area contributed by atoms with Crippen LogP contribution in [0.15, 0.2) is 82.8 Å². The van der Waals surface area contributed by atoms with Gasteiger partial charge in [-0.1, -0.05) is 53.5 Å². The van der Waals surface area contributed by atoms with E-state index in [1.807, 2.05) is 72.8 Å². The third-order valence-electron chi connectivity index (χ3n) is 4.57. The molecule has 1 aliphatic heterocycles. The highest BCUT2D eigenvalue weighted by atomic mass is 35.5. The second-order valence-corrected chi connectivity index (χ2v) is 8.11. The molecule has 3 aromatic rings. The Morgan fingerprint density at radius 2 is 1.67 bits per heavy atom. The molecule has 4 nitrogen and oxygen atoms in total. The van der Waals surface area contributed by atoms with E-state index in [9.17, 15) is 4.79 Å². The number of hydrogen-bond acceptors (Lipinski definition) is 4. The lowest BCUT2D eigenvalue weighted by Crippen LogP contribution is -2.24. The molecule has 1 aliphatic rings. The van der Waals surface area contributed by atoms with Crippen molar-refractivity contribution in [3.8, 4) is 0 Å². The van der Waals surface area contributed by atoms with Crippen LogP contribution in [-0.2, 0) is 4.79 Å². The lowest BCUT2D eigenvalue weighted by Gasteiger charge is -2.21. The lowest BCUT2D eigenvalue weighted by atomic mass is 9.98. The van der Waals surface area contributed by atoms with Gasteiger partial charge in [0.05, 0.1) is 11.8 Å². The maximum absolute atomic E-state index is 11.9. The number of rotatable bonds is 2. The molecule has 0 bridgehead atoms. The monoisotopic (exact) mass is 457 g/mol. The van der Waals surface area contributed by atoms with Crippen molar-refractivity contribution in [2.45, 2.75) is 24.3 Å². The van der Waals surface area contributed by atoms with Crippen LogP contribution in [0.1, 0.15) is 30.5 Å². The van der Waals surface area contributed by atoms with Gasteiger partial charge in [-0.05, 0) is 53.6 Å². The van der Waals surface area contributed by atoms with E-state index in [-0.39, 0.29) is 11.9 Å². The van der Waals surface area contributed by atoms with E-state index >= 15 is 0 Å². The molecule has 1 heterocycles. The van der Waals surface area contributed by atoms with Crippen LogP contribution in [0.3, 0.4) is 0 Å². The van der Waals surface area contributed by atoms with Crippen LogP contribution in [0.4, 0.5) is 5.69 Å². The largest absolute Gasteiger partial charge is 0.399 e. The number of nitrogens with zero attached hydrogens (tertiary/aromatic N) is 2. The van der Waals surface area contributed by atoms with Gasteiger partial charge in [0.1, 0.15) is 0 Å². The third-order valence-corrected chi connectivity index (χ3v) is 5.46. The quantitative estimate of drug-likeness (QED) is 0.352. The van der Waals surface area contributed by atoms with Gasteiger partial charge in [-0.25, -0.2) is 5.01 Å². The van der Waals surface area contributed by atoms with Crippen LogP contribution >= 0.6 is 35.8 Å². The van der Waals surface area contributed by atoms with Crippen molar-refractivity contribution in [2.75, 3.05) is 5.73 Å². The Balaban J connectivity index is 0.000000269. The van der Waals surface area contributed by atoms with E-state index in [4.69, 9.17) is 28.9 Å². The van der Waals surface area contributed by atoms with Gasteiger partial charge in [-0.2, -0.15) is 5.10 Å². The maximum atomic E-state index is 11.9. The number of amides is 1. The topological polar surface area (TPSA) is 58.7 Å². The first-order valence-electron chi connectivity index (χ1n) is 9.27. The number of nitrogen functional groups attached to an aromatic ring is 1. The molecule has 0 aromatic heterocycles. The van der Waals surface area contributed by atoms with Crippen molar-refractivity contribution in [1.82, 2.24) is 5.01 Å². The Kier molecular flexibility index (Phi) is 7.43. The Hall–Kier alpha value is -2.47. The van der Waals surface area contributed by atoms with E-state index in [1.54, 1.807) is 0 Å². The molecular formula is C23H21Cl2N3OS. The third kappa shape index (κ3) is 5.57. The van der Waals surface area contributed by atoms with Gasteiger partial charge in [0.25, 0.3) is 0 Å². The summed E-state index contributed by atoms with van der Waals surface area (Å²) in [5, 5.41) is 7.39. The number of nitrogens with two attached hydrogens (primary N) is 1. The van der Waals surface area contributed by atoms with Crippen molar-refractivity contribution in [2.24, 2.45) is 5.10 Å². The summed E-state index contributed by atoms with van der Waals surface area (Å²) in [4.78, 5) is 12.9. The van der Waals surface area contributed by atoms with Crippen LogP contribution < -0.4 is 5.73 Å². The molecule has 30 heavy (non-hydrogen) atoms. The number of hydrogen-bond donors (Lipinski definition) is 2. The SMILES string of the molecule is CC(=O)N1N=C(c2ccc(N)cc2)CC1c1ccccc1Cl.Sc1ccc(Cl)cc1. The number of carbonyl (C=O) groups is 1. The summed E-state index contributed by atoms with van der Waals surface area (Å²) in [6.45, 7) is 1.51. The number of thiol groups is 1. The van der Waals surface area contributed by atoms with Crippen LogP contribution in [0.25, 0.3) is 0 Å². The highest BCUT2D eigenvalue weighted by molar-refractivity contribution is 7.80. The number of hydrazone groups is 1. The fraction of sp³-hybridized carbons (Fsp3) is 0.130. The zero-order chi connectivity index (χ0) is 21.7. The summed E-state index contributed by atoms with van der Waals surface area (Å²) in [6, 6.07) is 22.2. The average molecular weight is 458 g/mol. The van der Waals surface area contributed by atoms with E-state index in [0.717, 1.165) is 26.8 Å². The Morgan fingerprint density at radius 1 is 1.03 bits per heavy atom. The fourth-order valence-corrected chi connectivity index (χ4v) is 3.62. The fourth-order valence-electron chi connectivity index (χ4n) is 3.08. The van der Waals surface area contributed by atoms with Crippen LogP contribution in [0.2, 0.25) is 10.0 Å². The molecule has 4 rings (SSSR count). The van der Waals surface area contributed by atoms with E-state index in [0.29, 0.717) is 17.1 Å². The van der Waals surface area contributed by atoms with Crippen LogP contribution in [0.5, 0.6) is 0 Å². The predicted molar refractivity (Wildman–Crippen MR) is 127 cm³/mol. The van der Waals surface area contributed by atoms with Gasteiger partial charge in [-0.15, -0.1) is 12.6 Å². The first-order chi connectivity index (χ1) is 14.3. The van der Waals surface area contributed by atoms with Crippen molar-refractivity contribution in [3.63, 3.8) is 0 Å². The smallest absolute Gasteiger partial charge is 0.240 e. The van der Waals surface area contributed by atoms with E-state index < -0.39 is 0 Å². The number of anilines is 1. The molecule has 0 spiro atoms. The molecule has 0 saturated carbocycles. The first-order valence-corrected chi connectivity index (χ1v) is 10.5. The van der Waals surface area contributed by atoms with Crippen molar-refractivity contribution < 1.29 is 4.79 Å². The van der Waals surface area contributed by atoms with Gasteiger partial charge < -0.3 is 5.73 Å². The number of halogens is 2. The minimum atomic E-state index is -0.168. The summed E-state index contributed by atoms with van der Waals surface area (Å²) in [7, 11) is 0. The van der Waals surface area contributed by atoms with Crippen molar-refractivity contribution in [3.05, 3.63) is 94.0 Å². The molecule has 3 aromatic carbocycles. The number of benzene rings is 3. The summed E-state index contributed by atoms with van der Waals surface area (Å²) in [5.41, 5.74) is 9.16. The van der Waals surface area contributed by atoms with Gasteiger partial charge >= 0.3 is 0 Å². The summed E-state index contributed by atoms with van der Waals surface area (Å²) in [6.07, 6.45) is 0.632. The molecule has 2 N–H and O–H groups in total. The van der Waals surface area contributed by atoms with Gasteiger partial charge in [-0.3, -0.25) is 4.79 Å². The van der Waals surface area contributed by atoms with Gasteiger partial charge in [0.15, 0.2) is 0 Å². The van der Waals surface area contributed by atoms with E-state index in [1.165, 1.54) is 11.9 Å². The zero-order valence-electron chi connectivity index (χ0n) is 16.3. The highest BCUT2D eigenvalue weighted by Crippen LogP contribution is 2.36. The minimum absolute atomic E-state index is 0.102. The molecule has 1 unspecified atom stereocenters. The first kappa shape index (κ1) is 22.2. The summed E-state index contributed by atoms with van der Waals surface area (Å²) >= 11 is 15.9. The molecule has 7 heteroatoms. The number of carbonyl (C=O) groups excluding carboxylic acids is 1. The molecule has 0 fully saturated rings. The molecular weight excluding hydrogens is 437 g/mol. The van der Waals surface area contributed by atoms with Crippen molar-refractivity contribution >= 4 is 53.1 Å². The van der Waals surface area contributed by atoms with Gasteiger partial charge in [0, 0.05) is 34.0 Å². The molecule has 154 valence electrons. The Morgan fingerprint density at radius 3 is 2.23 bits per heavy atom. The Labute approximate surface area is 191 Å². The molecule has 0 radical (unpaired) electrons. The maximum Gasteiger partial charge on any atom is 0.240 e. The second kappa shape index (κ2) is 10.0. The minimum Gasteiger partial charge on any atom is -0.399 e. The van der Waals surface area contributed by atoms with Crippen LogP contribution in [-0.4, -0.2) is 16.6 Å². The molecule has 0 saturated heterocycles.